The molecule has 0 saturated carbocycles. The first-order valence-electron chi connectivity index (χ1n) is 5.89. The minimum atomic E-state index is -1.23. The standard InChI is InChI=1S/2C3H5NO.C3H4O2.2C3H6O.Na/c3*1-2-3(4)5;2*1-3(2)4;/h2*2H,1H2,(H2,4,5);2H,1H2,(H,4,5);2*1-2H3;/q;;;;;+1/p-1. The van der Waals surface area contributed by atoms with E-state index in [2.05, 4.69) is 31.2 Å². The Kier molecular flexibility index (Phi) is 51.8. The smallest absolute Gasteiger partial charge is 0.545 e. The van der Waals surface area contributed by atoms with Crippen LogP contribution in [-0.4, -0.2) is 29.4 Å². The maximum atomic E-state index is 9.47. The van der Waals surface area contributed by atoms with E-state index in [1.54, 1.807) is 0 Å². The zero-order chi connectivity index (χ0) is 20.0. The van der Waals surface area contributed by atoms with Crippen molar-refractivity contribution in [1.29, 1.82) is 0 Å². The molecule has 0 aromatic carbocycles. The fourth-order valence-electron chi connectivity index (χ4n) is 0. The number of hydrogen-bond donors (Lipinski definition) is 2. The summed E-state index contributed by atoms with van der Waals surface area (Å²) in [5.74, 6) is -1.86. The third-order valence-electron chi connectivity index (χ3n) is 0.569. The van der Waals surface area contributed by atoms with E-state index in [0.717, 1.165) is 18.2 Å². The molecular weight excluding hydrogens is 327 g/mol. The largest absolute Gasteiger partial charge is 1.00 e. The van der Waals surface area contributed by atoms with Gasteiger partial charge in [0.05, 0.1) is 5.97 Å². The number of nitrogens with two attached hydrogens (primary N) is 2. The average molecular weight is 352 g/mol. The fraction of sp³-hybridized carbons (Fsp3) is 0.267. The van der Waals surface area contributed by atoms with Gasteiger partial charge in [-0.1, -0.05) is 19.7 Å². The summed E-state index contributed by atoms with van der Waals surface area (Å²) in [5, 5.41) is 9.14. The van der Waals surface area contributed by atoms with Crippen molar-refractivity contribution in [2.24, 2.45) is 11.5 Å². The van der Waals surface area contributed by atoms with Crippen molar-refractivity contribution in [2.75, 3.05) is 0 Å². The molecule has 9 heteroatoms. The summed E-state index contributed by atoms with van der Waals surface area (Å²) >= 11 is 0. The molecule has 24 heavy (non-hydrogen) atoms. The first-order chi connectivity index (χ1) is 10.3. The molecule has 0 saturated heterocycles. The molecule has 0 unspecified atom stereocenters. The van der Waals surface area contributed by atoms with Gasteiger partial charge in [-0.2, -0.15) is 0 Å². The number of carboxylic acid groups (broad SMARTS) is 1. The minimum Gasteiger partial charge on any atom is -0.545 e. The van der Waals surface area contributed by atoms with Crippen molar-refractivity contribution in [3.05, 3.63) is 38.0 Å². The summed E-state index contributed by atoms with van der Waals surface area (Å²) in [6.07, 6.45) is 2.83. The monoisotopic (exact) mass is 352 g/mol. The van der Waals surface area contributed by atoms with Gasteiger partial charge in [0.15, 0.2) is 0 Å². The normalized spacial score (nSPS) is 6.17. The summed E-state index contributed by atoms with van der Waals surface area (Å²) < 4.78 is 0. The van der Waals surface area contributed by atoms with E-state index in [1.807, 2.05) is 0 Å². The number of hydrogen-bond acceptors (Lipinski definition) is 6. The van der Waals surface area contributed by atoms with E-state index >= 15 is 0 Å². The van der Waals surface area contributed by atoms with E-state index in [4.69, 9.17) is 9.90 Å². The van der Waals surface area contributed by atoms with Crippen LogP contribution < -0.4 is 46.1 Å². The molecule has 0 spiro atoms. The molecule has 0 bridgehead atoms. The van der Waals surface area contributed by atoms with E-state index in [-0.39, 0.29) is 41.1 Å². The molecule has 0 aromatic heterocycles. The first-order valence-corrected chi connectivity index (χ1v) is 5.89. The molecule has 0 fully saturated rings. The second-order valence-corrected chi connectivity index (χ2v) is 3.55. The maximum absolute atomic E-state index is 9.47. The van der Waals surface area contributed by atoms with Crippen LogP contribution in [0, 0.1) is 0 Å². The van der Waals surface area contributed by atoms with Crippen LogP contribution in [0.25, 0.3) is 0 Å². The SMILES string of the molecule is C=CC(=O)[O-].C=CC(N)=O.C=CC(N)=O.CC(C)=O.CC(C)=O.[Na+]. The average Bonchev–Trinajstić information content (AvgIpc) is 2.38. The molecule has 0 atom stereocenters. The zero-order valence-electron chi connectivity index (χ0n) is 15.0. The Balaban J connectivity index is -0.0000000419. The summed E-state index contributed by atoms with van der Waals surface area (Å²) in [5.41, 5.74) is 9.07. The van der Waals surface area contributed by atoms with Gasteiger partial charge in [0.1, 0.15) is 11.6 Å². The molecular formula is C15H25N2NaO6. The van der Waals surface area contributed by atoms with E-state index in [1.165, 1.54) is 27.7 Å². The Hall–Kier alpha value is -2.03. The van der Waals surface area contributed by atoms with Gasteiger partial charge in [-0.05, 0) is 45.9 Å². The van der Waals surface area contributed by atoms with Gasteiger partial charge in [-0.25, -0.2) is 0 Å². The predicted molar refractivity (Wildman–Crippen MR) is 86.7 cm³/mol. The maximum Gasteiger partial charge on any atom is 1.00 e. The van der Waals surface area contributed by atoms with Gasteiger partial charge in [-0.3, -0.25) is 9.59 Å². The molecule has 8 nitrogen and oxygen atoms in total. The fourth-order valence-corrected chi connectivity index (χ4v) is 0. The summed E-state index contributed by atoms with van der Waals surface area (Å²) in [7, 11) is 0. The van der Waals surface area contributed by atoms with Crippen molar-refractivity contribution >= 4 is 29.4 Å². The third-order valence-corrected chi connectivity index (χ3v) is 0.569. The Bertz CT molecular complexity index is 357. The van der Waals surface area contributed by atoms with Crippen LogP contribution in [0.15, 0.2) is 38.0 Å². The van der Waals surface area contributed by atoms with Crippen LogP contribution >= 0.6 is 0 Å². The van der Waals surface area contributed by atoms with Crippen molar-refractivity contribution < 1.29 is 58.6 Å². The molecule has 4 N–H and O–H groups in total. The van der Waals surface area contributed by atoms with Gasteiger partial charge in [-0.15, -0.1) is 0 Å². The van der Waals surface area contributed by atoms with Crippen LogP contribution in [0.4, 0.5) is 0 Å². The second kappa shape index (κ2) is 32.8. The summed E-state index contributed by atoms with van der Waals surface area (Å²) in [4.78, 5) is 47.0. The van der Waals surface area contributed by atoms with Crippen molar-refractivity contribution in [3.8, 4) is 0 Å². The van der Waals surface area contributed by atoms with Crippen LogP contribution in [0.1, 0.15) is 27.7 Å². The Labute approximate surface area is 164 Å². The number of primary amides is 2. The van der Waals surface area contributed by atoms with Crippen LogP contribution in [-0.2, 0) is 24.0 Å². The number of carboxylic acids is 1. The van der Waals surface area contributed by atoms with E-state index in [9.17, 15) is 19.2 Å². The van der Waals surface area contributed by atoms with Gasteiger partial charge in [0, 0.05) is 0 Å². The molecule has 0 aliphatic heterocycles. The molecule has 0 aromatic rings. The number of ketones is 2. The van der Waals surface area contributed by atoms with Crippen molar-refractivity contribution in [1.82, 2.24) is 0 Å². The third kappa shape index (κ3) is 456. The van der Waals surface area contributed by atoms with Gasteiger partial charge in [0.25, 0.3) is 0 Å². The van der Waals surface area contributed by atoms with Crippen molar-refractivity contribution in [3.63, 3.8) is 0 Å². The quantitative estimate of drug-likeness (QED) is 0.394. The first kappa shape index (κ1) is 37.9. The Morgan fingerprint density at radius 3 is 0.792 bits per heavy atom. The van der Waals surface area contributed by atoms with Gasteiger partial charge < -0.3 is 31.0 Å². The van der Waals surface area contributed by atoms with Crippen LogP contribution in [0.3, 0.4) is 0 Å². The molecule has 0 heterocycles. The zero-order valence-corrected chi connectivity index (χ0v) is 17.0. The number of Topliss-reactive ketones (excluding diaryl/α,β-unsaturated/α-hetero) is 2. The number of rotatable bonds is 3. The Morgan fingerprint density at radius 2 is 0.792 bits per heavy atom. The van der Waals surface area contributed by atoms with Gasteiger partial charge in [0.2, 0.25) is 11.8 Å². The summed E-state index contributed by atoms with van der Waals surface area (Å²) in [6.45, 7) is 15.2. The second-order valence-electron chi connectivity index (χ2n) is 3.55. The van der Waals surface area contributed by atoms with Crippen LogP contribution in [0.5, 0.6) is 0 Å². The Morgan fingerprint density at radius 1 is 0.708 bits per heavy atom. The number of carbonyl (C=O) groups is 5. The van der Waals surface area contributed by atoms with Crippen LogP contribution in [0.2, 0.25) is 0 Å². The molecule has 0 aliphatic carbocycles. The molecule has 132 valence electrons. The molecule has 0 rings (SSSR count). The van der Waals surface area contributed by atoms with E-state index < -0.39 is 17.8 Å². The minimum absolute atomic E-state index is 0. The molecule has 2 amide bonds. The predicted octanol–water partition coefficient (Wildman–Crippen LogP) is -3.57. The topological polar surface area (TPSA) is 160 Å². The number of carbonyl (C=O) groups excluding carboxylic acids is 5. The molecule has 0 radical (unpaired) electrons. The van der Waals surface area contributed by atoms with Gasteiger partial charge >= 0.3 is 29.6 Å². The summed E-state index contributed by atoms with van der Waals surface area (Å²) in [6, 6.07) is 0. The van der Waals surface area contributed by atoms with E-state index in [0.29, 0.717) is 0 Å². The van der Waals surface area contributed by atoms with Crippen molar-refractivity contribution in [2.45, 2.75) is 27.7 Å². The number of amides is 2. The molecule has 0 aliphatic rings. The number of aliphatic carboxylic acids is 1.